The van der Waals surface area contributed by atoms with E-state index < -0.39 is 0 Å². The van der Waals surface area contributed by atoms with Crippen LogP contribution in [0.2, 0.25) is 0 Å². The molecule has 0 aliphatic carbocycles. The zero-order valence-electron chi connectivity index (χ0n) is 9.33. The van der Waals surface area contributed by atoms with Gasteiger partial charge in [-0.3, -0.25) is 4.79 Å². The summed E-state index contributed by atoms with van der Waals surface area (Å²) in [6.45, 7) is 3.04. The molecule has 1 rings (SSSR count). The number of alkyl halides is 1. The van der Waals surface area contributed by atoms with Crippen LogP contribution in [-0.4, -0.2) is 24.4 Å². The van der Waals surface area contributed by atoms with Crippen molar-refractivity contribution < 1.29 is 9.53 Å². The predicted molar refractivity (Wildman–Crippen MR) is 68.1 cm³/mol. The second kappa shape index (κ2) is 7.28. The molecule has 1 amide bonds. The minimum Gasteiger partial charge on any atom is -0.491 e. The van der Waals surface area contributed by atoms with E-state index in [4.69, 9.17) is 4.74 Å². The Kier molecular flexibility index (Phi) is 5.93. The van der Waals surface area contributed by atoms with Crippen LogP contribution in [0.4, 0.5) is 0 Å². The number of hydrogen-bond acceptors (Lipinski definition) is 2. The summed E-state index contributed by atoms with van der Waals surface area (Å²) in [6.07, 6.45) is 0.504. The van der Waals surface area contributed by atoms with Gasteiger partial charge in [-0.15, -0.1) is 0 Å². The van der Waals surface area contributed by atoms with Crippen molar-refractivity contribution in [2.45, 2.75) is 13.3 Å². The highest BCUT2D eigenvalue weighted by atomic mass is 79.9. The third kappa shape index (κ3) is 4.66. The van der Waals surface area contributed by atoms with Crippen molar-refractivity contribution in [1.29, 1.82) is 0 Å². The highest BCUT2D eigenvalue weighted by molar-refractivity contribution is 9.09. The molecule has 1 aromatic carbocycles. The molecular formula is C12H16BrNO2. The SMILES string of the molecule is Cc1ccccc1OCCNC(=O)CCBr. The summed E-state index contributed by atoms with van der Waals surface area (Å²) < 4.78 is 5.54. The van der Waals surface area contributed by atoms with E-state index in [1.807, 2.05) is 31.2 Å². The van der Waals surface area contributed by atoms with Gasteiger partial charge in [0.25, 0.3) is 0 Å². The van der Waals surface area contributed by atoms with E-state index in [-0.39, 0.29) is 5.91 Å². The Morgan fingerprint density at radius 2 is 2.19 bits per heavy atom. The molecule has 0 aliphatic rings. The molecule has 0 aromatic heterocycles. The summed E-state index contributed by atoms with van der Waals surface area (Å²) in [5.41, 5.74) is 1.11. The van der Waals surface area contributed by atoms with Gasteiger partial charge in [-0.05, 0) is 18.6 Å². The van der Waals surface area contributed by atoms with E-state index in [1.54, 1.807) is 0 Å². The second-order valence-electron chi connectivity index (χ2n) is 3.40. The Morgan fingerprint density at radius 1 is 1.44 bits per heavy atom. The number of para-hydroxylation sites is 1. The molecule has 3 nitrogen and oxygen atoms in total. The second-order valence-corrected chi connectivity index (χ2v) is 4.20. The number of nitrogens with one attached hydrogen (secondary N) is 1. The Labute approximate surface area is 104 Å². The van der Waals surface area contributed by atoms with E-state index in [0.717, 1.165) is 11.3 Å². The van der Waals surface area contributed by atoms with E-state index in [0.29, 0.717) is 24.9 Å². The van der Waals surface area contributed by atoms with E-state index in [1.165, 1.54) is 0 Å². The molecule has 0 fully saturated rings. The maximum Gasteiger partial charge on any atom is 0.220 e. The first kappa shape index (κ1) is 13.0. The van der Waals surface area contributed by atoms with E-state index >= 15 is 0 Å². The van der Waals surface area contributed by atoms with Crippen molar-refractivity contribution in [3.63, 3.8) is 0 Å². The highest BCUT2D eigenvalue weighted by Gasteiger charge is 2.00. The number of rotatable bonds is 6. The molecule has 1 N–H and O–H groups in total. The minimum absolute atomic E-state index is 0.0465. The number of carbonyl (C=O) groups is 1. The zero-order valence-corrected chi connectivity index (χ0v) is 10.9. The molecule has 0 saturated heterocycles. The monoisotopic (exact) mass is 285 g/mol. The lowest BCUT2D eigenvalue weighted by Crippen LogP contribution is -2.28. The summed E-state index contributed by atoms with van der Waals surface area (Å²) in [5.74, 6) is 0.919. The van der Waals surface area contributed by atoms with Gasteiger partial charge in [-0.1, -0.05) is 34.1 Å². The summed E-state index contributed by atoms with van der Waals surface area (Å²) in [4.78, 5) is 11.1. The first-order valence-corrected chi connectivity index (χ1v) is 6.37. The average Bonchev–Trinajstić information content (AvgIpc) is 2.27. The lowest BCUT2D eigenvalue weighted by Gasteiger charge is -2.09. The van der Waals surface area contributed by atoms with Crippen LogP contribution < -0.4 is 10.1 Å². The number of benzene rings is 1. The van der Waals surface area contributed by atoms with Gasteiger partial charge in [0, 0.05) is 11.8 Å². The first-order valence-electron chi connectivity index (χ1n) is 5.25. The molecule has 0 saturated carbocycles. The van der Waals surface area contributed by atoms with Gasteiger partial charge in [0.15, 0.2) is 0 Å². The quantitative estimate of drug-likeness (QED) is 0.643. The van der Waals surface area contributed by atoms with Gasteiger partial charge >= 0.3 is 0 Å². The summed E-state index contributed by atoms with van der Waals surface area (Å²) >= 11 is 3.21. The maximum absolute atomic E-state index is 11.1. The van der Waals surface area contributed by atoms with Gasteiger partial charge in [0.1, 0.15) is 12.4 Å². The fraction of sp³-hybridized carbons (Fsp3) is 0.417. The maximum atomic E-state index is 11.1. The van der Waals surface area contributed by atoms with Crippen molar-refractivity contribution in [3.8, 4) is 5.75 Å². The molecule has 0 radical (unpaired) electrons. The number of ether oxygens (including phenoxy) is 1. The molecule has 88 valence electrons. The third-order valence-electron chi connectivity index (χ3n) is 2.10. The van der Waals surface area contributed by atoms with Crippen molar-refractivity contribution in [3.05, 3.63) is 29.8 Å². The molecular weight excluding hydrogens is 270 g/mol. The molecule has 0 spiro atoms. The zero-order chi connectivity index (χ0) is 11.8. The third-order valence-corrected chi connectivity index (χ3v) is 2.49. The number of carbonyl (C=O) groups excluding carboxylic acids is 1. The van der Waals surface area contributed by atoms with Crippen molar-refractivity contribution >= 4 is 21.8 Å². The number of aryl methyl sites for hydroxylation is 1. The van der Waals surface area contributed by atoms with Crippen LogP contribution >= 0.6 is 15.9 Å². The van der Waals surface area contributed by atoms with Crippen LogP contribution in [0.5, 0.6) is 5.75 Å². The predicted octanol–water partition coefficient (Wildman–Crippen LogP) is 2.28. The van der Waals surface area contributed by atoms with Crippen molar-refractivity contribution in [2.24, 2.45) is 0 Å². The van der Waals surface area contributed by atoms with Crippen LogP contribution in [0, 0.1) is 6.92 Å². The van der Waals surface area contributed by atoms with E-state index in [2.05, 4.69) is 21.2 Å². The van der Waals surface area contributed by atoms with Crippen LogP contribution in [0.3, 0.4) is 0 Å². The fourth-order valence-corrected chi connectivity index (χ4v) is 1.60. The van der Waals surface area contributed by atoms with Gasteiger partial charge in [-0.25, -0.2) is 0 Å². The van der Waals surface area contributed by atoms with Gasteiger partial charge in [-0.2, -0.15) is 0 Å². The lowest BCUT2D eigenvalue weighted by atomic mass is 10.2. The topological polar surface area (TPSA) is 38.3 Å². The largest absolute Gasteiger partial charge is 0.491 e. The lowest BCUT2D eigenvalue weighted by molar-refractivity contribution is -0.120. The standard InChI is InChI=1S/C12H16BrNO2/c1-10-4-2-3-5-11(10)16-9-8-14-12(15)6-7-13/h2-5H,6-9H2,1H3,(H,14,15). The molecule has 0 atom stereocenters. The molecule has 1 aromatic rings. The average molecular weight is 286 g/mol. The highest BCUT2D eigenvalue weighted by Crippen LogP contribution is 2.15. The van der Waals surface area contributed by atoms with Crippen molar-refractivity contribution in [1.82, 2.24) is 5.32 Å². The smallest absolute Gasteiger partial charge is 0.220 e. The molecule has 0 aliphatic heterocycles. The molecule has 16 heavy (non-hydrogen) atoms. The summed E-state index contributed by atoms with van der Waals surface area (Å²) in [7, 11) is 0. The van der Waals surface area contributed by atoms with Gasteiger partial charge in [0.05, 0.1) is 6.54 Å². The summed E-state index contributed by atoms with van der Waals surface area (Å²) in [5, 5.41) is 3.47. The van der Waals surface area contributed by atoms with Crippen LogP contribution in [-0.2, 0) is 4.79 Å². The molecule has 0 unspecified atom stereocenters. The fourth-order valence-electron chi connectivity index (χ4n) is 1.24. The van der Waals surface area contributed by atoms with Crippen LogP contribution in [0.1, 0.15) is 12.0 Å². The Bertz CT molecular complexity index is 342. The minimum atomic E-state index is 0.0465. The van der Waals surface area contributed by atoms with Gasteiger partial charge < -0.3 is 10.1 Å². The van der Waals surface area contributed by atoms with Crippen molar-refractivity contribution in [2.75, 3.05) is 18.5 Å². The number of halogens is 1. The van der Waals surface area contributed by atoms with Gasteiger partial charge in [0.2, 0.25) is 5.91 Å². The molecule has 0 bridgehead atoms. The Hall–Kier alpha value is -1.03. The number of amides is 1. The number of hydrogen-bond donors (Lipinski definition) is 1. The molecule has 4 heteroatoms. The summed E-state index contributed by atoms with van der Waals surface area (Å²) in [6, 6.07) is 7.83. The first-order chi connectivity index (χ1) is 7.74. The Morgan fingerprint density at radius 3 is 2.88 bits per heavy atom. The van der Waals surface area contributed by atoms with E-state index in [9.17, 15) is 4.79 Å². The van der Waals surface area contributed by atoms with Crippen LogP contribution in [0.25, 0.3) is 0 Å². The Balaban J connectivity index is 2.21. The molecule has 0 heterocycles. The normalized spacial score (nSPS) is 9.88. The van der Waals surface area contributed by atoms with Crippen LogP contribution in [0.15, 0.2) is 24.3 Å².